The Morgan fingerprint density at radius 2 is 1.58 bits per heavy atom. The van der Waals surface area contributed by atoms with E-state index in [4.69, 9.17) is 35.9 Å². The number of carbonyl (C=O) groups is 2. The van der Waals surface area contributed by atoms with Gasteiger partial charge in [-0.3, -0.25) is 14.6 Å². The van der Waals surface area contributed by atoms with Crippen LogP contribution in [0.5, 0.6) is 5.75 Å². The van der Waals surface area contributed by atoms with Gasteiger partial charge in [0, 0.05) is 18.5 Å². The Morgan fingerprint density at radius 1 is 0.947 bits per heavy atom. The molecule has 0 saturated carbocycles. The van der Waals surface area contributed by atoms with Crippen LogP contribution < -0.4 is 33.2 Å². The molecule has 16 heteroatoms. The Hall–Kier alpha value is -2.99. The molecule has 210 valence electrons. The van der Waals surface area contributed by atoms with Crippen molar-refractivity contribution in [2.24, 2.45) is 11.5 Å². The van der Waals surface area contributed by atoms with Gasteiger partial charge in [-0.1, -0.05) is 0 Å². The fraction of sp³-hybridized carbons (Fsp3) is 0.455. The van der Waals surface area contributed by atoms with Crippen LogP contribution in [0.1, 0.15) is 26.9 Å². The van der Waals surface area contributed by atoms with E-state index < -0.39 is 74.2 Å². The molecule has 2 saturated heterocycles. The predicted octanol–water partition coefficient (Wildman–Crippen LogP) is -7.31. The number of hydrogen-bond acceptors (Lipinski definition) is 12. The van der Waals surface area contributed by atoms with Gasteiger partial charge in [0.15, 0.2) is 18.5 Å². The Kier molecular flexibility index (Phi) is 11.3. The number of aromatic nitrogens is 2. The number of hydrogen-bond donors (Lipinski definition) is 8. The first-order valence-electron chi connectivity index (χ1n) is 11.0. The van der Waals surface area contributed by atoms with Crippen molar-refractivity contribution in [3.8, 4) is 5.75 Å². The standard InChI is InChI=1S/C11H14N2O6.C11H14N2O5.ClH/c12-10(17)5-3-13-2-1-6(5)18-11-9(16)8(15)7(4-14)19-11;12-10(17)6-2-1-3-13(4-6)11-9(16)8(15)7(5-14)18-11;/h1-3,7-9,11,14-16H,4H2,(H2,12,17);1-4,7-9,11,14-16H,5H2,(H-,12,17);1H/t7-,8-,9-,11?;7-,8-,9-,11-;/m11./s1. The molecule has 2 aliphatic heterocycles. The van der Waals surface area contributed by atoms with Crippen molar-refractivity contribution < 1.29 is 71.4 Å². The van der Waals surface area contributed by atoms with Gasteiger partial charge in [-0.05, 0) is 12.1 Å². The van der Waals surface area contributed by atoms with Crippen molar-refractivity contribution >= 4 is 11.8 Å². The number of amides is 2. The van der Waals surface area contributed by atoms with Crippen molar-refractivity contribution in [3.05, 3.63) is 54.1 Å². The van der Waals surface area contributed by atoms with Crippen molar-refractivity contribution in [1.29, 1.82) is 0 Å². The quantitative estimate of drug-likeness (QED) is 0.147. The van der Waals surface area contributed by atoms with Crippen LogP contribution in [0.25, 0.3) is 0 Å². The lowest BCUT2D eigenvalue weighted by molar-refractivity contribution is -0.765. The van der Waals surface area contributed by atoms with E-state index in [2.05, 4.69) is 4.98 Å². The van der Waals surface area contributed by atoms with E-state index in [0.717, 1.165) is 0 Å². The van der Waals surface area contributed by atoms with Crippen molar-refractivity contribution in [2.45, 2.75) is 49.1 Å². The first-order valence-corrected chi connectivity index (χ1v) is 11.0. The second kappa shape index (κ2) is 13.7. The van der Waals surface area contributed by atoms with Gasteiger partial charge < -0.3 is 68.7 Å². The summed E-state index contributed by atoms with van der Waals surface area (Å²) in [4.78, 5) is 26.0. The maximum absolute atomic E-state index is 11.2. The number of pyridine rings is 2. The van der Waals surface area contributed by atoms with Crippen LogP contribution in [0, 0.1) is 0 Å². The van der Waals surface area contributed by atoms with E-state index >= 15 is 0 Å². The van der Waals surface area contributed by atoms with Crippen LogP contribution in [0.4, 0.5) is 0 Å². The molecule has 10 N–H and O–H groups in total. The summed E-state index contributed by atoms with van der Waals surface area (Å²) in [5.41, 5.74) is 10.6. The van der Waals surface area contributed by atoms with Crippen LogP contribution in [-0.4, -0.2) is 104 Å². The van der Waals surface area contributed by atoms with E-state index in [0.29, 0.717) is 0 Å². The first kappa shape index (κ1) is 31.2. The molecule has 4 rings (SSSR count). The second-order valence-corrected chi connectivity index (χ2v) is 8.19. The zero-order valence-corrected chi connectivity index (χ0v) is 20.5. The highest BCUT2D eigenvalue weighted by atomic mass is 35.5. The van der Waals surface area contributed by atoms with E-state index in [1.54, 1.807) is 12.3 Å². The van der Waals surface area contributed by atoms with Gasteiger partial charge in [-0.25, -0.2) is 0 Å². The topological polar surface area (TPSA) is 252 Å². The highest BCUT2D eigenvalue weighted by Gasteiger charge is 2.48. The van der Waals surface area contributed by atoms with Gasteiger partial charge in [-0.15, -0.1) is 0 Å². The Balaban J connectivity index is 0.000000260. The summed E-state index contributed by atoms with van der Waals surface area (Å²) in [5, 5.41) is 56.6. The molecule has 2 aliphatic rings. The van der Waals surface area contributed by atoms with E-state index in [-0.39, 0.29) is 29.3 Å². The fourth-order valence-electron chi connectivity index (χ4n) is 3.68. The van der Waals surface area contributed by atoms with E-state index in [1.807, 2.05) is 0 Å². The number of ether oxygens (including phenoxy) is 3. The third-order valence-electron chi connectivity index (χ3n) is 5.71. The molecule has 0 aromatic carbocycles. The number of aliphatic hydroxyl groups excluding tert-OH is 6. The summed E-state index contributed by atoms with van der Waals surface area (Å²) in [6.45, 7) is -0.859. The maximum Gasteiger partial charge on any atom is 0.292 e. The smallest absolute Gasteiger partial charge is 0.292 e. The van der Waals surface area contributed by atoms with Gasteiger partial charge in [0.1, 0.15) is 41.8 Å². The molecule has 2 aromatic heterocycles. The highest BCUT2D eigenvalue weighted by Crippen LogP contribution is 2.26. The summed E-state index contributed by atoms with van der Waals surface area (Å²) >= 11 is 0. The Morgan fingerprint density at radius 3 is 2.13 bits per heavy atom. The lowest BCUT2D eigenvalue weighted by Gasteiger charge is -2.17. The van der Waals surface area contributed by atoms with Crippen molar-refractivity contribution in [3.63, 3.8) is 0 Å². The molecular formula is C22H29ClN4O11. The van der Waals surface area contributed by atoms with E-state index in [9.17, 15) is 30.0 Å². The van der Waals surface area contributed by atoms with Gasteiger partial charge in [0.25, 0.3) is 18.0 Å². The van der Waals surface area contributed by atoms with Gasteiger partial charge >= 0.3 is 0 Å². The van der Waals surface area contributed by atoms with Crippen LogP contribution in [0.3, 0.4) is 0 Å². The molecule has 38 heavy (non-hydrogen) atoms. The third-order valence-corrected chi connectivity index (χ3v) is 5.71. The SMILES string of the molecule is NC(=O)c1ccc[n+]([C@@H]2O[C@H](CO)[C@@H](O)[C@H]2O)c1.NC(=O)c1cnccc1OC1O[C@H](CO)[C@@H](O)[C@H]1O.[Cl-]. The zero-order valence-electron chi connectivity index (χ0n) is 19.7. The highest BCUT2D eigenvalue weighted by molar-refractivity contribution is 5.95. The molecular weight excluding hydrogens is 532 g/mol. The number of aliphatic hydroxyl groups is 6. The minimum atomic E-state index is -1.34. The largest absolute Gasteiger partial charge is 1.00 e. The minimum absolute atomic E-state index is 0. The lowest BCUT2D eigenvalue weighted by atomic mass is 10.1. The molecule has 2 amide bonds. The molecule has 2 fully saturated rings. The number of carbonyl (C=O) groups excluding carboxylic acids is 2. The van der Waals surface area contributed by atoms with E-state index in [1.165, 1.54) is 35.3 Å². The van der Waals surface area contributed by atoms with Crippen LogP contribution in [0.2, 0.25) is 0 Å². The molecule has 1 unspecified atom stereocenters. The van der Waals surface area contributed by atoms with Crippen LogP contribution >= 0.6 is 0 Å². The molecule has 0 bridgehead atoms. The summed E-state index contributed by atoms with van der Waals surface area (Å²) in [7, 11) is 0. The number of primary amides is 2. The number of nitrogens with two attached hydrogens (primary N) is 2. The molecule has 15 nitrogen and oxygen atoms in total. The fourth-order valence-corrected chi connectivity index (χ4v) is 3.68. The number of rotatable bonds is 7. The Bertz CT molecular complexity index is 1100. The monoisotopic (exact) mass is 560 g/mol. The van der Waals surface area contributed by atoms with Crippen molar-refractivity contribution in [2.75, 3.05) is 13.2 Å². The minimum Gasteiger partial charge on any atom is -1.00 e. The number of nitrogens with zero attached hydrogens (tertiary/aromatic N) is 2. The molecule has 8 atom stereocenters. The zero-order chi connectivity index (χ0) is 27.3. The van der Waals surface area contributed by atoms with Crippen molar-refractivity contribution in [1.82, 2.24) is 4.98 Å². The normalized spacial score (nSPS) is 30.1. The predicted molar refractivity (Wildman–Crippen MR) is 119 cm³/mol. The molecule has 0 aliphatic carbocycles. The first-order chi connectivity index (χ1) is 17.6. The van der Waals surface area contributed by atoms with Gasteiger partial charge in [0.05, 0.1) is 18.8 Å². The van der Waals surface area contributed by atoms with Gasteiger partial charge in [-0.2, -0.15) is 4.57 Å². The van der Waals surface area contributed by atoms with Gasteiger partial charge in [0.2, 0.25) is 6.29 Å². The third kappa shape index (κ3) is 6.90. The molecule has 2 aromatic rings. The number of halogens is 1. The summed E-state index contributed by atoms with van der Waals surface area (Å²) < 4.78 is 17.2. The molecule has 0 spiro atoms. The van der Waals surface area contributed by atoms with Crippen LogP contribution in [-0.2, 0) is 9.47 Å². The average molecular weight is 561 g/mol. The second-order valence-electron chi connectivity index (χ2n) is 8.19. The molecule has 4 heterocycles. The van der Waals surface area contributed by atoms with Crippen LogP contribution in [0.15, 0.2) is 43.0 Å². The Labute approximate surface area is 222 Å². The molecule has 0 radical (unpaired) electrons. The summed E-state index contributed by atoms with van der Waals surface area (Å²) in [5.74, 6) is -1.26. The summed E-state index contributed by atoms with van der Waals surface area (Å²) in [6, 6.07) is 4.49. The summed E-state index contributed by atoms with van der Waals surface area (Å²) in [6.07, 6.45) is -3.24. The maximum atomic E-state index is 11.2. The lowest BCUT2D eigenvalue weighted by Crippen LogP contribution is -3.00. The average Bonchev–Trinajstić information content (AvgIpc) is 3.34.